The first-order valence-electron chi connectivity index (χ1n) is 18.3. The Kier molecular flexibility index (Phi) is 12.2. The van der Waals surface area contributed by atoms with Crippen LogP contribution in [-0.2, 0) is 30.4 Å². The Morgan fingerprint density at radius 1 is 1.06 bits per heavy atom. The zero-order valence-corrected chi connectivity index (χ0v) is 34.4. The second-order valence-electron chi connectivity index (χ2n) is 15.7. The SMILES string of the molecule is COc1nc(-c2cccc(-c3cccc(CC(=O)c4cc(C#N)c5c(n4)CN(CCO[Si](C)(C)C(C)(C)C)CC5)c3Cl)c2Cl)cnc1CN1CC(CO)C1. The minimum absolute atomic E-state index is 0.00487. The third-order valence-electron chi connectivity index (χ3n) is 11.0. The summed E-state index contributed by atoms with van der Waals surface area (Å²) in [6, 6.07) is 15.1. The summed E-state index contributed by atoms with van der Waals surface area (Å²) >= 11 is 14.1. The molecular formula is C41H48Cl2N6O4Si. The molecule has 2 aliphatic heterocycles. The molecule has 0 saturated carbocycles. The second-order valence-corrected chi connectivity index (χ2v) is 21.3. The van der Waals surface area contributed by atoms with Crippen molar-refractivity contribution < 1.29 is 19.1 Å². The van der Waals surface area contributed by atoms with E-state index in [0.29, 0.717) is 87.2 Å². The first-order valence-corrected chi connectivity index (χ1v) is 22.0. The highest BCUT2D eigenvalue weighted by molar-refractivity contribution is 6.74. The molecule has 0 unspecified atom stereocenters. The van der Waals surface area contributed by atoms with E-state index in [1.807, 2.05) is 36.4 Å². The summed E-state index contributed by atoms with van der Waals surface area (Å²) < 4.78 is 12.0. The monoisotopic (exact) mass is 786 g/mol. The van der Waals surface area contributed by atoms with Gasteiger partial charge < -0.3 is 14.3 Å². The van der Waals surface area contributed by atoms with Gasteiger partial charge in [-0.15, -0.1) is 0 Å². The number of ketones is 1. The molecule has 0 bridgehead atoms. The number of likely N-dealkylation sites (tertiary alicyclic amines) is 1. The highest BCUT2D eigenvalue weighted by Gasteiger charge is 2.37. The molecule has 2 aliphatic rings. The second kappa shape index (κ2) is 16.6. The zero-order valence-electron chi connectivity index (χ0n) is 31.9. The van der Waals surface area contributed by atoms with E-state index in [1.54, 1.807) is 19.4 Å². The Hall–Kier alpha value is -3.73. The van der Waals surface area contributed by atoms with Crippen LogP contribution in [0.2, 0.25) is 28.2 Å². The van der Waals surface area contributed by atoms with Crippen LogP contribution in [0.3, 0.4) is 0 Å². The van der Waals surface area contributed by atoms with Gasteiger partial charge in [0.05, 0.1) is 46.4 Å². The summed E-state index contributed by atoms with van der Waals surface area (Å²) in [4.78, 5) is 32.5. The topological polar surface area (TPSA) is 125 Å². The van der Waals surface area contributed by atoms with Crippen LogP contribution in [0.1, 0.15) is 59.3 Å². The first-order chi connectivity index (χ1) is 25.7. The van der Waals surface area contributed by atoms with Crippen molar-refractivity contribution in [3.05, 3.63) is 92.5 Å². The minimum atomic E-state index is -1.87. The number of Topliss-reactive ketones (excluding diaryl/α,β-unsaturated/α-hetero) is 1. The van der Waals surface area contributed by atoms with E-state index in [2.05, 4.69) is 54.7 Å². The summed E-state index contributed by atoms with van der Waals surface area (Å²) in [5.74, 6) is 0.484. The molecule has 2 aromatic carbocycles. The van der Waals surface area contributed by atoms with Gasteiger partial charge in [0.15, 0.2) is 14.1 Å². The predicted molar refractivity (Wildman–Crippen MR) is 214 cm³/mol. The average Bonchev–Trinajstić information content (AvgIpc) is 3.13. The number of aromatic nitrogens is 3. The molecule has 0 spiro atoms. The van der Waals surface area contributed by atoms with Gasteiger partial charge >= 0.3 is 0 Å². The molecule has 1 N–H and O–H groups in total. The van der Waals surface area contributed by atoms with Crippen LogP contribution < -0.4 is 4.74 Å². The molecule has 0 amide bonds. The lowest BCUT2D eigenvalue weighted by molar-refractivity contribution is 0.0462. The highest BCUT2D eigenvalue weighted by Crippen LogP contribution is 2.41. The summed E-state index contributed by atoms with van der Waals surface area (Å²) in [7, 11) is -0.300. The molecule has 0 aliphatic carbocycles. The van der Waals surface area contributed by atoms with Crippen molar-refractivity contribution in [3.63, 3.8) is 0 Å². The van der Waals surface area contributed by atoms with Crippen LogP contribution in [-0.4, -0.2) is 90.5 Å². The van der Waals surface area contributed by atoms with Crippen molar-refractivity contribution in [1.29, 1.82) is 5.26 Å². The van der Waals surface area contributed by atoms with Gasteiger partial charge in [0.25, 0.3) is 0 Å². The summed E-state index contributed by atoms with van der Waals surface area (Å²) in [6.45, 7) is 16.3. The van der Waals surface area contributed by atoms with Gasteiger partial charge in [0.2, 0.25) is 5.88 Å². The van der Waals surface area contributed by atoms with Crippen molar-refractivity contribution in [3.8, 4) is 34.3 Å². The number of methoxy groups -OCH3 is 1. The number of ether oxygens (including phenoxy) is 1. The molecule has 54 heavy (non-hydrogen) atoms. The summed E-state index contributed by atoms with van der Waals surface area (Å²) in [6.07, 6.45) is 2.39. The number of carbonyl (C=O) groups excluding carboxylic acids is 1. The number of hydrogen-bond donors (Lipinski definition) is 1. The molecule has 6 rings (SSSR count). The number of halogens is 2. The van der Waals surface area contributed by atoms with Crippen molar-refractivity contribution >= 4 is 37.3 Å². The van der Waals surface area contributed by atoms with Gasteiger partial charge in [-0.2, -0.15) is 5.26 Å². The van der Waals surface area contributed by atoms with Crippen molar-refractivity contribution in [2.45, 2.75) is 64.8 Å². The van der Waals surface area contributed by atoms with Crippen LogP contribution in [0.15, 0.2) is 48.7 Å². The van der Waals surface area contributed by atoms with Gasteiger partial charge in [-0.25, -0.2) is 9.97 Å². The molecule has 1 saturated heterocycles. The van der Waals surface area contributed by atoms with Crippen LogP contribution in [0.25, 0.3) is 22.4 Å². The maximum atomic E-state index is 13.8. The average molecular weight is 788 g/mol. The van der Waals surface area contributed by atoms with E-state index >= 15 is 0 Å². The first kappa shape index (κ1) is 39.9. The zero-order chi connectivity index (χ0) is 38.8. The Morgan fingerprint density at radius 2 is 1.76 bits per heavy atom. The lowest BCUT2D eigenvalue weighted by Crippen LogP contribution is -2.47. The minimum Gasteiger partial charge on any atom is -0.480 e. The molecule has 4 heterocycles. The van der Waals surface area contributed by atoms with Crippen LogP contribution in [0.4, 0.5) is 0 Å². The van der Waals surface area contributed by atoms with E-state index < -0.39 is 8.32 Å². The number of aliphatic hydroxyl groups excluding tert-OH is 1. The molecule has 0 atom stereocenters. The number of aliphatic hydroxyl groups is 1. The molecular weight excluding hydrogens is 739 g/mol. The Morgan fingerprint density at radius 3 is 2.44 bits per heavy atom. The fraction of sp³-hybridized carbons (Fsp3) is 0.439. The Bertz CT molecular complexity index is 2080. The third-order valence-corrected chi connectivity index (χ3v) is 16.4. The number of nitrogens with zero attached hydrogens (tertiary/aromatic N) is 6. The highest BCUT2D eigenvalue weighted by atomic mass is 35.5. The van der Waals surface area contributed by atoms with Gasteiger partial charge in [0, 0.05) is 81.5 Å². The van der Waals surface area contributed by atoms with E-state index in [1.165, 1.54) is 0 Å². The number of nitriles is 1. The van der Waals surface area contributed by atoms with Crippen molar-refractivity contribution in [1.82, 2.24) is 24.8 Å². The maximum Gasteiger partial charge on any atom is 0.237 e. The standard InChI is InChI=1S/C41H48Cl2N6O4Si/c1-41(2,3)54(5,6)53-16-15-48-14-13-29-28(19-44)17-33(46-35(29)23-48)37(51)18-27-9-7-10-30(38(27)42)31-11-8-12-32(39(31)43)34-20-45-36(40(47-34)52-4)24-49-21-26(22-49)25-50/h7-12,17,20,26,50H,13-16,18,21-25H2,1-6H3. The number of fused-ring (bicyclic) bond motifs is 1. The molecule has 4 aromatic rings. The third kappa shape index (κ3) is 8.56. The van der Waals surface area contributed by atoms with Crippen LogP contribution in [0.5, 0.6) is 5.88 Å². The Balaban J connectivity index is 1.19. The normalized spacial score (nSPS) is 15.4. The summed E-state index contributed by atoms with van der Waals surface area (Å²) in [5.41, 5.74) is 6.34. The lowest BCUT2D eigenvalue weighted by atomic mass is 9.95. The van der Waals surface area contributed by atoms with E-state index in [0.717, 1.165) is 37.4 Å². The lowest BCUT2D eigenvalue weighted by Gasteiger charge is -2.37. The van der Waals surface area contributed by atoms with E-state index in [4.69, 9.17) is 42.3 Å². The number of carbonyl (C=O) groups is 1. The van der Waals surface area contributed by atoms with Crippen LogP contribution in [0, 0.1) is 17.2 Å². The van der Waals surface area contributed by atoms with E-state index in [9.17, 15) is 15.2 Å². The van der Waals surface area contributed by atoms with Crippen LogP contribution >= 0.6 is 23.2 Å². The predicted octanol–water partition coefficient (Wildman–Crippen LogP) is 7.62. The van der Waals surface area contributed by atoms with Gasteiger partial charge in [-0.3, -0.25) is 19.6 Å². The number of hydrogen-bond acceptors (Lipinski definition) is 10. The fourth-order valence-electron chi connectivity index (χ4n) is 6.73. The number of benzene rings is 2. The molecule has 0 radical (unpaired) electrons. The number of pyridine rings is 1. The number of rotatable bonds is 13. The largest absolute Gasteiger partial charge is 0.480 e. The van der Waals surface area contributed by atoms with Gasteiger partial charge in [0.1, 0.15) is 11.4 Å². The maximum absolute atomic E-state index is 13.8. The van der Waals surface area contributed by atoms with Crippen molar-refractivity contribution in [2.75, 3.05) is 46.5 Å². The van der Waals surface area contributed by atoms with Crippen molar-refractivity contribution in [2.24, 2.45) is 5.92 Å². The smallest absolute Gasteiger partial charge is 0.237 e. The Labute approximate surface area is 329 Å². The molecule has 13 heteroatoms. The van der Waals surface area contributed by atoms with Gasteiger partial charge in [-0.1, -0.05) is 80.4 Å². The molecule has 10 nitrogen and oxygen atoms in total. The summed E-state index contributed by atoms with van der Waals surface area (Å²) in [5, 5.41) is 20.4. The molecule has 1 fully saturated rings. The molecule has 284 valence electrons. The van der Waals surface area contributed by atoms with E-state index in [-0.39, 0.29) is 29.5 Å². The fourth-order valence-corrected chi connectivity index (χ4v) is 8.39. The quantitative estimate of drug-likeness (QED) is 0.107. The molecule has 2 aromatic heterocycles. The van der Waals surface area contributed by atoms with Gasteiger partial charge in [-0.05, 0) is 41.7 Å².